The highest BCUT2D eigenvalue weighted by molar-refractivity contribution is 5.00. The van der Waals surface area contributed by atoms with Gasteiger partial charge in [-0.1, -0.05) is 13.3 Å². The monoisotopic (exact) mass is 221 g/mol. The zero-order valence-electron chi connectivity index (χ0n) is 10.5. The predicted molar refractivity (Wildman–Crippen MR) is 66.2 cm³/mol. The van der Waals surface area contributed by atoms with Gasteiger partial charge in [0.15, 0.2) is 0 Å². The number of likely N-dealkylation sites (tertiary alicyclic amines) is 1. The molecule has 2 heterocycles. The maximum absolute atomic E-state index is 4.32. The van der Waals surface area contributed by atoms with E-state index in [1.807, 2.05) is 6.20 Å². The molecular formula is C13H23N3. The standard InChI is InChI=1S/C13H23N3/c1-3-12-6-9-15(10-7-12)11-13-5-8-14-16(13)4-2/h5,8,12H,3-4,6-7,9-11H2,1-2H3. The number of nitrogens with zero attached hydrogens (tertiary/aromatic N) is 3. The van der Waals surface area contributed by atoms with E-state index in [9.17, 15) is 0 Å². The molecule has 0 unspecified atom stereocenters. The van der Waals surface area contributed by atoms with Crippen LogP contribution in [0.25, 0.3) is 0 Å². The first-order valence-corrected chi connectivity index (χ1v) is 6.56. The summed E-state index contributed by atoms with van der Waals surface area (Å²) in [5.41, 5.74) is 1.36. The van der Waals surface area contributed by atoms with Crippen LogP contribution in [0.5, 0.6) is 0 Å². The minimum atomic E-state index is 0.965. The van der Waals surface area contributed by atoms with Gasteiger partial charge in [-0.05, 0) is 44.8 Å². The van der Waals surface area contributed by atoms with E-state index in [4.69, 9.17) is 0 Å². The number of hydrogen-bond acceptors (Lipinski definition) is 2. The van der Waals surface area contributed by atoms with Crippen LogP contribution in [0.3, 0.4) is 0 Å². The molecule has 1 aliphatic rings. The topological polar surface area (TPSA) is 21.1 Å². The number of aromatic nitrogens is 2. The Balaban J connectivity index is 1.87. The first-order chi connectivity index (χ1) is 7.83. The van der Waals surface area contributed by atoms with Crippen LogP contribution in [0, 0.1) is 5.92 Å². The van der Waals surface area contributed by atoms with Crippen LogP contribution >= 0.6 is 0 Å². The lowest BCUT2D eigenvalue weighted by molar-refractivity contribution is 0.171. The van der Waals surface area contributed by atoms with Crippen LogP contribution < -0.4 is 0 Å². The largest absolute Gasteiger partial charge is 0.298 e. The normalized spacial score (nSPS) is 19.1. The second kappa shape index (κ2) is 5.48. The molecule has 0 aromatic carbocycles. The Kier molecular flexibility index (Phi) is 3.99. The van der Waals surface area contributed by atoms with Gasteiger partial charge < -0.3 is 0 Å². The Bertz CT molecular complexity index is 311. The average Bonchev–Trinajstić information content (AvgIpc) is 2.77. The van der Waals surface area contributed by atoms with Crippen molar-refractivity contribution < 1.29 is 0 Å². The molecule has 0 saturated carbocycles. The maximum Gasteiger partial charge on any atom is 0.0524 e. The van der Waals surface area contributed by atoms with Crippen molar-refractivity contribution in [2.75, 3.05) is 13.1 Å². The van der Waals surface area contributed by atoms with E-state index in [-0.39, 0.29) is 0 Å². The molecular weight excluding hydrogens is 198 g/mol. The summed E-state index contributed by atoms with van der Waals surface area (Å²) < 4.78 is 2.10. The molecule has 90 valence electrons. The minimum Gasteiger partial charge on any atom is -0.298 e. The number of rotatable bonds is 4. The Morgan fingerprint density at radius 3 is 2.69 bits per heavy atom. The van der Waals surface area contributed by atoms with Crippen LogP contribution in [0.2, 0.25) is 0 Å². The van der Waals surface area contributed by atoms with Gasteiger partial charge >= 0.3 is 0 Å². The van der Waals surface area contributed by atoms with Crippen molar-refractivity contribution in [3.63, 3.8) is 0 Å². The average molecular weight is 221 g/mol. The molecule has 0 atom stereocenters. The van der Waals surface area contributed by atoms with E-state index < -0.39 is 0 Å². The third-order valence-electron chi connectivity index (χ3n) is 3.77. The zero-order chi connectivity index (χ0) is 11.4. The third kappa shape index (κ3) is 2.64. The lowest BCUT2D eigenvalue weighted by atomic mass is 9.94. The molecule has 1 aromatic rings. The molecule has 16 heavy (non-hydrogen) atoms. The van der Waals surface area contributed by atoms with Crippen molar-refractivity contribution in [3.05, 3.63) is 18.0 Å². The van der Waals surface area contributed by atoms with Gasteiger partial charge in [-0.15, -0.1) is 0 Å². The number of hydrogen-bond donors (Lipinski definition) is 0. The SMILES string of the molecule is CCC1CCN(Cc2ccnn2CC)CC1. The molecule has 1 aliphatic heterocycles. The van der Waals surface area contributed by atoms with Gasteiger partial charge in [0.25, 0.3) is 0 Å². The predicted octanol–water partition coefficient (Wildman–Crippen LogP) is 2.53. The quantitative estimate of drug-likeness (QED) is 0.779. The molecule has 1 saturated heterocycles. The highest BCUT2D eigenvalue weighted by Crippen LogP contribution is 2.21. The molecule has 0 radical (unpaired) electrons. The summed E-state index contributed by atoms with van der Waals surface area (Å²) in [5.74, 6) is 0.965. The molecule has 3 heteroatoms. The first kappa shape index (κ1) is 11.6. The highest BCUT2D eigenvalue weighted by Gasteiger charge is 2.18. The van der Waals surface area contributed by atoms with Crippen LogP contribution in [-0.2, 0) is 13.1 Å². The zero-order valence-corrected chi connectivity index (χ0v) is 10.5. The van der Waals surface area contributed by atoms with E-state index in [1.54, 1.807) is 0 Å². The molecule has 0 N–H and O–H groups in total. The van der Waals surface area contributed by atoms with Crippen LogP contribution in [-0.4, -0.2) is 27.8 Å². The Hall–Kier alpha value is -0.830. The molecule has 0 bridgehead atoms. The van der Waals surface area contributed by atoms with Crippen molar-refractivity contribution in [2.24, 2.45) is 5.92 Å². The summed E-state index contributed by atoms with van der Waals surface area (Å²) in [6.45, 7) is 9.03. The molecule has 2 rings (SSSR count). The fourth-order valence-corrected chi connectivity index (χ4v) is 2.56. The first-order valence-electron chi connectivity index (χ1n) is 6.56. The molecule has 0 aliphatic carbocycles. The summed E-state index contributed by atoms with van der Waals surface area (Å²) >= 11 is 0. The van der Waals surface area contributed by atoms with Crippen molar-refractivity contribution in [3.8, 4) is 0 Å². The van der Waals surface area contributed by atoms with Crippen molar-refractivity contribution in [1.82, 2.24) is 14.7 Å². The fourth-order valence-electron chi connectivity index (χ4n) is 2.56. The maximum atomic E-state index is 4.32. The molecule has 0 amide bonds. The number of aryl methyl sites for hydroxylation is 1. The van der Waals surface area contributed by atoms with Gasteiger partial charge in [0, 0.05) is 19.3 Å². The fraction of sp³-hybridized carbons (Fsp3) is 0.769. The highest BCUT2D eigenvalue weighted by atomic mass is 15.3. The van der Waals surface area contributed by atoms with Crippen LogP contribution in [0.1, 0.15) is 38.8 Å². The van der Waals surface area contributed by atoms with Gasteiger partial charge in [-0.3, -0.25) is 9.58 Å². The molecule has 1 aromatic heterocycles. The second-order valence-corrected chi connectivity index (χ2v) is 4.77. The Morgan fingerprint density at radius 1 is 1.31 bits per heavy atom. The van der Waals surface area contributed by atoms with Gasteiger partial charge in [-0.25, -0.2) is 0 Å². The Morgan fingerprint density at radius 2 is 2.06 bits per heavy atom. The second-order valence-electron chi connectivity index (χ2n) is 4.77. The summed E-state index contributed by atoms with van der Waals surface area (Å²) in [5, 5.41) is 4.32. The molecule has 0 spiro atoms. The lowest BCUT2D eigenvalue weighted by Crippen LogP contribution is -2.33. The summed E-state index contributed by atoms with van der Waals surface area (Å²) in [6.07, 6.45) is 6.01. The van der Waals surface area contributed by atoms with E-state index in [1.165, 1.54) is 38.0 Å². The van der Waals surface area contributed by atoms with Gasteiger partial charge in [0.1, 0.15) is 0 Å². The van der Waals surface area contributed by atoms with E-state index in [2.05, 4.69) is 34.6 Å². The smallest absolute Gasteiger partial charge is 0.0524 e. The minimum absolute atomic E-state index is 0.965. The van der Waals surface area contributed by atoms with Crippen LogP contribution in [0.15, 0.2) is 12.3 Å². The lowest BCUT2D eigenvalue weighted by Gasteiger charge is -2.31. The van der Waals surface area contributed by atoms with E-state index in [0.717, 1.165) is 19.0 Å². The van der Waals surface area contributed by atoms with Gasteiger partial charge in [0.2, 0.25) is 0 Å². The van der Waals surface area contributed by atoms with Crippen molar-refractivity contribution >= 4 is 0 Å². The summed E-state index contributed by atoms with van der Waals surface area (Å²) in [4.78, 5) is 2.56. The Labute approximate surface area is 98.4 Å². The number of piperidine rings is 1. The molecule has 1 fully saturated rings. The van der Waals surface area contributed by atoms with E-state index in [0.29, 0.717) is 0 Å². The molecule has 3 nitrogen and oxygen atoms in total. The third-order valence-corrected chi connectivity index (χ3v) is 3.77. The van der Waals surface area contributed by atoms with Gasteiger partial charge in [0.05, 0.1) is 5.69 Å². The van der Waals surface area contributed by atoms with Crippen LogP contribution in [0.4, 0.5) is 0 Å². The van der Waals surface area contributed by atoms with Crippen molar-refractivity contribution in [1.29, 1.82) is 0 Å². The van der Waals surface area contributed by atoms with E-state index >= 15 is 0 Å². The van der Waals surface area contributed by atoms with Gasteiger partial charge in [-0.2, -0.15) is 5.10 Å². The summed E-state index contributed by atoms with van der Waals surface area (Å²) in [7, 11) is 0. The summed E-state index contributed by atoms with van der Waals surface area (Å²) in [6, 6.07) is 2.15. The van der Waals surface area contributed by atoms with Crippen molar-refractivity contribution in [2.45, 2.75) is 46.2 Å².